The van der Waals surface area contributed by atoms with Crippen molar-refractivity contribution in [3.8, 4) is 0 Å². The van der Waals surface area contributed by atoms with E-state index in [4.69, 9.17) is 4.63 Å². The third-order valence-electron chi connectivity index (χ3n) is 4.17. The highest BCUT2D eigenvalue weighted by Gasteiger charge is 2.19. The van der Waals surface area contributed by atoms with Gasteiger partial charge in [0.1, 0.15) is 0 Å². The monoisotopic (exact) mass is 328 g/mol. The van der Waals surface area contributed by atoms with E-state index in [9.17, 15) is 0 Å². The maximum atomic E-state index is 4.75. The molecule has 0 aromatic carbocycles. The Hall–Kier alpha value is -2.71. The van der Waals surface area contributed by atoms with Crippen LogP contribution in [0.5, 0.6) is 0 Å². The lowest BCUT2D eigenvalue weighted by Gasteiger charge is -2.28. The molecule has 3 aromatic heterocycles. The molecule has 126 valence electrons. The molecule has 24 heavy (non-hydrogen) atoms. The summed E-state index contributed by atoms with van der Waals surface area (Å²) >= 11 is 0. The van der Waals surface area contributed by atoms with Gasteiger partial charge in [-0.1, -0.05) is 0 Å². The molecule has 0 amide bonds. The van der Waals surface area contributed by atoms with Crippen molar-refractivity contribution in [2.75, 3.05) is 29.9 Å². The first-order chi connectivity index (χ1) is 11.9. The fourth-order valence-corrected chi connectivity index (χ4v) is 2.95. The second kappa shape index (κ2) is 6.81. The lowest BCUT2D eigenvalue weighted by Crippen LogP contribution is -2.31. The largest absolute Gasteiger partial charge is 0.367 e. The molecule has 4 heterocycles. The Morgan fingerprint density at radius 2 is 1.92 bits per heavy atom. The molecule has 1 aliphatic rings. The van der Waals surface area contributed by atoms with Gasteiger partial charge in [-0.2, -0.15) is 5.10 Å². The Labute approximate surface area is 139 Å². The molecule has 0 unspecified atom stereocenters. The van der Waals surface area contributed by atoms with Gasteiger partial charge in [0.05, 0.1) is 0 Å². The van der Waals surface area contributed by atoms with Crippen molar-refractivity contribution in [2.45, 2.75) is 32.2 Å². The molecule has 0 aliphatic carbocycles. The number of fused-ring (bicyclic) bond motifs is 1. The Morgan fingerprint density at radius 1 is 1.08 bits per heavy atom. The summed E-state index contributed by atoms with van der Waals surface area (Å²) in [4.78, 5) is 11.4. The average molecular weight is 328 g/mol. The summed E-state index contributed by atoms with van der Waals surface area (Å²) < 4.78 is 6.67. The van der Waals surface area contributed by atoms with Crippen molar-refractivity contribution in [3.63, 3.8) is 0 Å². The Kier molecular flexibility index (Phi) is 4.22. The lowest BCUT2D eigenvalue weighted by molar-refractivity contribution is 0.314. The first-order valence-corrected chi connectivity index (χ1v) is 8.37. The summed E-state index contributed by atoms with van der Waals surface area (Å²) in [6.07, 6.45) is 8.32. The van der Waals surface area contributed by atoms with E-state index in [1.54, 1.807) is 6.20 Å². The van der Waals surface area contributed by atoms with Crippen LogP contribution < -0.4 is 10.2 Å². The number of anilines is 2. The molecule has 4 rings (SSSR count). The predicted molar refractivity (Wildman–Crippen MR) is 88.8 cm³/mol. The van der Waals surface area contributed by atoms with Crippen LogP contribution in [-0.4, -0.2) is 49.7 Å². The van der Waals surface area contributed by atoms with E-state index in [-0.39, 0.29) is 0 Å². The third kappa shape index (κ3) is 3.15. The lowest BCUT2D eigenvalue weighted by atomic mass is 10.1. The molecule has 9 nitrogen and oxygen atoms in total. The van der Waals surface area contributed by atoms with Gasteiger partial charge in [-0.15, -0.1) is 0 Å². The minimum Gasteiger partial charge on any atom is -0.367 e. The fraction of sp³-hybridized carbons (Fsp3) is 0.533. The number of hydrogen-bond acceptors (Lipinski definition) is 8. The summed E-state index contributed by atoms with van der Waals surface area (Å²) in [7, 11) is 0. The highest BCUT2D eigenvalue weighted by Crippen LogP contribution is 2.26. The molecular weight excluding hydrogens is 308 g/mol. The maximum absolute atomic E-state index is 4.75. The van der Waals surface area contributed by atoms with E-state index in [0.29, 0.717) is 11.3 Å². The van der Waals surface area contributed by atoms with Crippen LogP contribution >= 0.6 is 0 Å². The zero-order chi connectivity index (χ0) is 16.2. The van der Waals surface area contributed by atoms with Crippen molar-refractivity contribution in [2.24, 2.45) is 0 Å². The van der Waals surface area contributed by atoms with Crippen LogP contribution in [0.15, 0.2) is 23.1 Å². The average Bonchev–Trinajstić information content (AvgIpc) is 3.30. The van der Waals surface area contributed by atoms with E-state index in [1.807, 2.05) is 16.9 Å². The Morgan fingerprint density at radius 3 is 2.71 bits per heavy atom. The van der Waals surface area contributed by atoms with E-state index < -0.39 is 0 Å². The van der Waals surface area contributed by atoms with E-state index in [2.05, 4.69) is 35.6 Å². The number of hydrogen-bond donors (Lipinski definition) is 1. The van der Waals surface area contributed by atoms with E-state index >= 15 is 0 Å². The predicted octanol–water partition coefficient (Wildman–Crippen LogP) is 1.70. The smallest absolute Gasteiger partial charge is 0.245 e. The summed E-state index contributed by atoms with van der Waals surface area (Å²) in [5, 5.41) is 15.2. The molecule has 0 atom stereocenters. The van der Waals surface area contributed by atoms with Crippen molar-refractivity contribution >= 4 is 22.9 Å². The zero-order valence-electron chi connectivity index (χ0n) is 13.4. The van der Waals surface area contributed by atoms with Crippen molar-refractivity contribution in [3.05, 3.63) is 18.5 Å². The first kappa shape index (κ1) is 14.9. The van der Waals surface area contributed by atoms with Gasteiger partial charge >= 0.3 is 0 Å². The first-order valence-electron chi connectivity index (χ1n) is 8.37. The van der Waals surface area contributed by atoms with Crippen molar-refractivity contribution in [1.82, 2.24) is 30.1 Å². The van der Waals surface area contributed by atoms with Gasteiger partial charge in [0.15, 0.2) is 11.6 Å². The molecular formula is C15H20N8O. The topological polar surface area (TPSA) is 97.8 Å². The minimum absolute atomic E-state index is 0.435. The fourth-order valence-electron chi connectivity index (χ4n) is 2.95. The number of piperidine rings is 1. The standard InChI is InChI=1S/C15H20N8O/c1-2-8-22(9-3-1)15-14(18-12-13(19-15)21-24-20-12)16-6-4-10-23-11-5-7-17-23/h5,7,11H,1-4,6,8-10H2,(H,16,18,20). The molecule has 1 saturated heterocycles. The van der Waals surface area contributed by atoms with Crippen LogP contribution in [0.2, 0.25) is 0 Å². The Balaban J connectivity index is 1.48. The normalized spacial score (nSPS) is 15.1. The highest BCUT2D eigenvalue weighted by atomic mass is 16.6. The van der Waals surface area contributed by atoms with Gasteiger partial charge in [-0.3, -0.25) is 4.68 Å². The maximum Gasteiger partial charge on any atom is 0.245 e. The number of nitrogens with one attached hydrogen (secondary N) is 1. The minimum atomic E-state index is 0.435. The molecule has 0 spiro atoms. The van der Waals surface area contributed by atoms with Crippen LogP contribution in [0, 0.1) is 0 Å². The van der Waals surface area contributed by atoms with Crippen molar-refractivity contribution in [1.29, 1.82) is 0 Å². The van der Waals surface area contributed by atoms with Gasteiger partial charge in [0, 0.05) is 38.6 Å². The molecule has 1 aliphatic heterocycles. The quantitative estimate of drug-likeness (QED) is 0.683. The number of rotatable bonds is 6. The van der Waals surface area contributed by atoms with Crippen molar-refractivity contribution < 1.29 is 4.63 Å². The molecule has 0 saturated carbocycles. The van der Waals surface area contributed by atoms with E-state index in [1.165, 1.54) is 19.3 Å². The van der Waals surface area contributed by atoms with Gasteiger partial charge in [0.2, 0.25) is 11.3 Å². The third-order valence-corrected chi connectivity index (χ3v) is 4.17. The zero-order valence-corrected chi connectivity index (χ0v) is 13.4. The van der Waals surface area contributed by atoms with Gasteiger partial charge in [0.25, 0.3) is 0 Å². The molecule has 3 aromatic rings. The highest BCUT2D eigenvalue weighted by molar-refractivity contribution is 5.74. The number of aryl methyl sites for hydroxylation is 1. The van der Waals surface area contributed by atoms with Crippen LogP contribution in [0.4, 0.5) is 11.6 Å². The van der Waals surface area contributed by atoms with Gasteiger partial charge < -0.3 is 10.2 Å². The Bertz CT molecular complexity index is 778. The van der Waals surface area contributed by atoms with Gasteiger partial charge in [-0.05, 0) is 42.1 Å². The van der Waals surface area contributed by atoms with Crippen LogP contribution in [-0.2, 0) is 6.54 Å². The molecule has 1 fully saturated rings. The number of aromatic nitrogens is 6. The summed E-state index contributed by atoms with van der Waals surface area (Å²) in [6, 6.07) is 1.93. The summed E-state index contributed by atoms with van der Waals surface area (Å²) in [6.45, 7) is 3.63. The molecule has 0 bridgehead atoms. The summed E-state index contributed by atoms with van der Waals surface area (Å²) in [5.41, 5.74) is 0.892. The van der Waals surface area contributed by atoms with E-state index in [0.717, 1.165) is 44.2 Å². The van der Waals surface area contributed by atoms with Crippen LogP contribution in [0.3, 0.4) is 0 Å². The second-order valence-corrected chi connectivity index (χ2v) is 5.90. The summed E-state index contributed by atoms with van der Waals surface area (Å²) in [5.74, 6) is 1.59. The SMILES string of the molecule is c1cnn(CCCNc2nc3nonc3nc2N2CCCCC2)c1. The van der Waals surface area contributed by atoms with Gasteiger partial charge in [-0.25, -0.2) is 14.6 Å². The molecule has 1 N–H and O–H groups in total. The molecule has 9 heteroatoms. The van der Waals surface area contributed by atoms with Crippen LogP contribution in [0.1, 0.15) is 25.7 Å². The number of nitrogens with zero attached hydrogens (tertiary/aromatic N) is 7. The molecule has 0 radical (unpaired) electrons. The van der Waals surface area contributed by atoms with Crippen LogP contribution in [0.25, 0.3) is 11.3 Å². The second-order valence-electron chi connectivity index (χ2n) is 5.90.